The zero-order chi connectivity index (χ0) is 26.5. The molecule has 12 heteroatoms. The van der Waals surface area contributed by atoms with Crippen LogP contribution in [0.1, 0.15) is 34.3 Å². The number of aromatic nitrogens is 2. The number of ether oxygens (including phenoxy) is 3. The SMILES string of the molecule is COC(=O)c1cnc(Nc2cc(C(F)F)cc(NCc3cc(OC)cc(OC)c3)n2)cc1NC1CC1P. The maximum Gasteiger partial charge on any atom is 0.341 e. The fraction of sp³-hybridized carbons (Fsp3) is 0.320. The monoisotopic (exact) mass is 531 g/mol. The summed E-state index contributed by atoms with van der Waals surface area (Å²) in [7, 11) is 7.13. The topological polar surface area (TPSA) is 107 Å². The first-order valence-electron chi connectivity index (χ1n) is 11.4. The molecule has 3 aromatic rings. The Hall–Kier alpha value is -3.72. The minimum absolute atomic E-state index is 0.170. The van der Waals surface area contributed by atoms with Crippen LogP contribution in [-0.4, -0.2) is 49.0 Å². The number of rotatable bonds is 11. The van der Waals surface area contributed by atoms with Crippen LogP contribution in [0.2, 0.25) is 0 Å². The van der Waals surface area contributed by atoms with Crippen LogP contribution in [0.15, 0.2) is 42.6 Å². The molecule has 3 N–H and O–H groups in total. The van der Waals surface area contributed by atoms with E-state index < -0.39 is 12.4 Å². The zero-order valence-electron chi connectivity index (χ0n) is 20.5. The lowest BCUT2D eigenvalue weighted by atomic mass is 10.2. The Balaban J connectivity index is 1.57. The molecule has 1 aliphatic carbocycles. The molecule has 4 rings (SSSR count). The number of hydrogen-bond donors (Lipinski definition) is 3. The Kier molecular flexibility index (Phi) is 8.23. The molecule has 0 aliphatic heterocycles. The second-order valence-electron chi connectivity index (χ2n) is 8.43. The maximum atomic E-state index is 13.7. The van der Waals surface area contributed by atoms with Gasteiger partial charge in [0.25, 0.3) is 6.43 Å². The van der Waals surface area contributed by atoms with Gasteiger partial charge in [-0.05, 0) is 41.9 Å². The molecule has 0 saturated heterocycles. The molecule has 37 heavy (non-hydrogen) atoms. The van der Waals surface area contributed by atoms with Gasteiger partial charge in [-0.1, -0.05) is 0 Å². The number of benzene rings is 1. The van der Waals surface area contributed by atoms with E-state index in [0.29, 0.717) is 35.2 Å². The van der Waals surface area contributed by atoms with Crippen molar-refractivity contribution in [2.45, 2.75) is 31.1 Å². The summed E-state index contributed by atoms with van der Waals surface area (Å²) in [4.78, 5) is 20.9. The van der Waals surface area contributed by atoms with Crippen LogP contribution in [0, 0.1) is 0 Å². The highest BCUT2D eigenvalue weighted by Crippen LogP contribution is 2.35. The van der Waals surface area contributed by atoms with Crippen LogP contribution < -0.4 is 25.4 Å². The fourth-order valence-electron chi connectivity index (χ4n) is 3.62. The van der Waals surface area contributed by atoms with Gasteiger partial charge in [0.15, 0.2) is 0 Å². The number of methoxy groups -OCH3 is 3. The second-order valence-corrected chi connectivity index (χ2v) is 9.28. The van der Waals surface area contributed by atoms with Gasteiger partial charge in [0.2, 0.25) is 0 Å². The van der Waals surface area contributed by atoms with Crippen molar-refractivity contribution in [3.05, 3.63) is 59.3 Å². The zero-order valence-corrected chi connectivity index (χ0v) is 21.7. The van der Waals surface area contributed by atoms with E-state index in [1.54, 1.807) is 26.4 Å². The van der Waals surface area contributed by atoms with Gasteiger partial charge in [-0.25, -0.2) is 23.5 Å². The molecular formula is C25H28F2N5O4P. The first-order valence-corrected chi connectivity index (χ1v) is 12.1. The minimum atomic E-state index is -2.71. The number of esters is 1. The van der Waals surface area contributed by atoms with Gasteiger partial charge >= 0.3 is 5.97 Å². The molecule has 1 fully saturated rings. The summed E-state index contributed by atoms with van der Waals surface area (Å²) in [6.45, 7) is 0.296. The van der Waals surface area contributed by atoms with E-state index in [0.717, 1.165) is 12.0 Å². The number of carbonyl (C=O) groups excluding carboxylic acids is 1. The normalized spacial score (nSPS) is 16.2. The summed E-state index contributed by atoms with van der Waals surface area (Å²) < 4.78 is 42.7. The molecule has 0 amide bonds. The minimum Gasteiger partial charge on any atom is -0.497 e. The third kappa shape index (κ3) is 6.74. The molecule has 1 aliphatic rings. The van der Waals surface area contributed by atoms with Crippen molar-refractivity contribution in [1.29, 1.82) is 0 Å². The lowest BCUT2D eigenvalue weighted by molar-refractivity contribution is 0.0601. The maximum absolute atomic E-state index is 13.7. The predicted octanol–water partition coefficient (Wildman–Crippen LogP) is 5.00. The molecule has 1 aromatic carbocycles. The van der Waals surface area contributed by atoms with Crippen LogP contribution in [-0.2, 0) is 11.3 Å². The van der Waals surface area contributed by atoms with Crippen LogP contribution >= 0.6 is 9.24 Å². The average molecular weight is 532 g/mol. The summed E-state index contributed by atoms with van der Waals surface area (Å²) in [6.07, 6.45) is -0.382. The molecule has 3 unspecified atom stereocenters. The molecule has 2 aromatic heterocycles. The van der Waals surface area contributed by atoms with Crippen LogP contribution in [0.3, 0.4) is 0 Å². The van der Waals surface area contributed by atoms with Crippen LogP contribution in [0.5, 0.6) is 11.5 Å². The number of nitrogens with zero attached hydrogens (tertiary/aromatic N) is 2. The lowest BCUT2D eigenvalue weighted by Gasteiger charge is -2.15. The van der Waals surface area contributed by atoms with Crippen LogP contribution in [0.25, 0.3) is 0 Å². The number of anilines is 4. The third-order valence-corrected chi connectivity index (χ3v) is 6.47. The highest BCUT2D eigenvalue weighted by Gasteiger charge is 2.33. The Labute approximate surface area is 215 Å². The van der Waals surface area contributed by atoms with E-state index in [2.05, 4.69) is 35.2 Å². The molecule has 196 valence electrons. The van der Waals surface area contributed by atoms with Crippen LogP contribution in [0.4, 0.5) is 31.9 Å². The summed E-state index contributed by atoms with van der Waals surface area (Å²) in [5.41, 5.74) is 1.82. The predicted molar refractivity (Wildman–Crippen MR) is 140 cm³/mol. The Bertz CT molecular complexity index is 1260. The average Bonchev–Trinajstić information content (AvgIpc) is 3.60. The molecule has 0 radical (unpaired) electrons. The quantitative estimate of drug-likeness (QED) is 0.233. The Morgan fingerprint density at radius 2 is 1.73 bits per heavy atom. The molecule has 0 bridgehead atoms. The third-order valence-electron chi connectivity index (χ3n) is 5.73. The van der Waals surface area contributed by atoms with E-state index in [1.807, 2.05) is 12.1 Å². The standard InChI is InChI=1S/C25H28F2N5O4P/c1-34-15-4-13(5-16(8-15)35-2)11-28-21-6-14(24(26)27)7-23(31-21)32-22-10-18(30-19-9-20(19)37)17(12-29-22)25(33)36-3/h4-8,10,12,19-20,24H,9,11,37H2,1-3H3,(H3,28,29,30,31,32). The summed E-state index contributed by atoms with van der Waals surface area (Å²) in [6, 6.07) is 9.75. The largest absolute Gasteiger partial charge is 0.497 e. The van der Waals surface area contributed by atoms with Crippen molar-refractivity contribution < 1.29 is 27.8 Å². The van der Waals surface area contributed by atoms with Gasteiger partial charge in [0.05, 0.1) is 27.0 Å². The van der Waals surface area contributed by atoms with E-state index in [4.69, 9.17) is 14.2 Å². The van der Waals surface area contributed by atoms with E-state index >= 15 is 0 Å². The highest BCUT2D eigenvalue weighted by molar-refractivity contribution is 7.18. The van der Waals surface area contributed by atoms with Crippen molar-refractivity contribution in [1.82, 2.24) is 9.97 Å². The molecule has 3 atom stereocenters. The van der Waals surface area contributed by atoms with E-state index in [-0.39, 0.29) is 28.8 Å². The number of carbonyl (C=O) groups is 1. The number of hydrogen-bond acceptors (Lipinski definition) is 9. The molecule has 2 heterocycles. The fourth-order valence-corrected chi connectivity index (χ4v) is 4.01. The van der Waals surface area contributed by atoms with Crippen molar-refractivity contribution in [2.24, 2.45) is 0 Å². The number of pyridine rings is 2. The second kappa shape index (κ2) is 11.6. The van der Waals surface area contributed by atoms with Gasteiger partial charge in [-0.15, -0.1) is 9.24 Å². The number of nitrogens with one attached hydrogen (secondary N) is 3. The van der Waals surface area contributed by atoms with Gasteiger partial charge in [0.1, 0.15) is 34.5 Å². The van der Waals surface area contributed by atoms with Gasteiger partial charge in [0, 0.05) is 36.5 Å². The van der Waals surface area contributed by atoms with E-state index in [9.17, 15) is 13.6 Å². The first-order chi connectivity index (χ1) is 17.8. The Morgan fingerprint density at radius 1 is 1.05 bits per heavy atom. The Morgan fingerprint density at radius 3 is 2.32 bits per heavy atom. The first kappa shape index (κ1) is 26.3. The van der Waals surface area contributed by atoms with Crippen molar-refractivity contribution in [3.63, 3.8) is 0 Å². The van der Waals surface area contributed by atoms with Gasteiger partial charge in [-0.2, -0.15) is 0 Å². The van der Waals surface area contributed by atoms with Gasteiger partial charge in [-0.3, -0.25) is 0 Å². The number of halogens is 2. The van der Waals surface area contributed by atoms with Crippen molar-refractivity contribution in [2.75, 3.05) is 37.3 Å². The highest BCUT2D eigenvalue weighted by atomic mass is 31.0. The van der Waals surface area contributed by atoms with Crippen molar-refractivity contribution >= 4 is 38.4 Å². The molecular weight excluding hydrogens is 503 g/mol. The molecule has 9 nitrogen and oxygen atoms in total. The van der Waals surface area contributed by atoms with Crippen molar-refractivity contribution in [3.8, 4) is 11.5 Å². The van der Waals surface area contributed by atoms with Gasteiger partial charge < -0.3 is 30.2 Å². The summed E-state index contributed by atoms with van der Waals surface area (Å²) in [5.74, 6) is 1.44. The number of alkyl halides is 2. The summed E-state index contributed by atoms with van der Waals surface area (Å²) >= 11 is 0. The lowest BCUT2D eigenvalue weighted by Crippen LogP contribution is -2.12. The smallest absolute Gasteiger partial charge is 0.341 e. The summed E-state index contributed by atoms with van der Waals surface area (Å²) in [5, 5.41) is 9.35. The molecule has 1 saturated carbocycles. The molecule has 0 spiro atoms. The van der Waals surface area contributed by atoms with E-state index in [1.165, 1.54) is 25.4 Å².